The summed E-state index contributed by atoms with van der Waals surface area (Å²) in [5.41, 5.74) is 0. The average molecular weight is 761 g/mol. The maximum atomic E-state index is 12.6. The molecule has 3 N–H and O–H groups in total. The molecule has 0 aromatic rings. The molecule has 10 nitrogen and oxygen atoms in total. The Bertz CT molecular complexity index is 925. The molecule has 52 heavy (non-hydrogen) atoms. The minimum atomic E-state index is -4.62. The van der Waals surface area contributed by atoms with E-state index in [9.17, 15) is 24.2 Å². The highest BCUT2D eigenvalue weighted by Crippen LogP contribution is 2.43. The van der Waals surface area contributed by atoms with E-state index in [2.05, 4.69) is 42.7 Å². The molecule has 0 aliphatic rings. The van der Waals surface area contributed by atoms with Gasteiger partial charge in [-0.25, -0.2) is 4.57 Å². The number of phosphoric ester groups is 1. The topological polar surface area (TPSA) is 149 Å². The molecule has 0 rings (SSSR count). The quantitative estimate of drug-likeness (QED) is 0.0239. The lowest BCUT2D eigenvalue weighted by molar-refractivity contribution is -0.161. The Balaban J connectivity index is 4.36. The molecule has 3 atom stereocenters. The Morgan fingerprint density at radius 3 is 1.42 bits per heavy atom. The van der Waals surface area contributed by atoms with E-state index in [0.717, 1.165) is 57.8 Å². The lowest BCUT2D eigenvalue weighted by atomic mass is 10.1. The third-order valence-electron chi connectivity index (χ3n) is 8.83. The van der Waals surface area contributed by atoms with Gasteiger partial charge in [0, 0.05) is 12.8 Å². The van der Waals surface area contributed by atoms with Crippen LogP contribution in [-0.2, 0) is 32.7 Å². The fraction of sp³-hybridized carbons (Fsp3) is 0.854. The summed E-state index contributed by atoms with van der Waals surface area (Å²) in [7, 11) is -4.62. The summed E-state index contributed by atoms with van der Waals surface area (Å²) in [6.07, 6.45) is 35.7. The van der Waals surface area contributed by atoms with E-state index in [1.165, 1.54) is 89.9 Å². The minimum Gasteiger partial charge on any atom is -0.462 e. The highest BCUT2D eigenvalue weighted by atomic mass is 31.2. The van der Waals surface area contributed by atoms with Gasteiger partial charge in [0.05, 0.1) is 19.8 Å². The number of allylic oxidation sites excluding steroid dienone is 4. The smallest absolute Gasteiger partial charge is 0.462 e. The maximum Gasteiger partial charge on any atom is 0.472 e. The van der Waals surface area contributed by atoms with Crippen LogP contribution in [0, 0.1) is 0 Å². The van der Waals surface area contributed by atoms with Crippen molar-refractivity contribution in [3.05, 3.63) is 24.3 Å². The van der Waals surface area contributed by atoms with Gasteiger partial charge in [0.15, 0.2) is 6.10 Å². The van der Waals surface area contributed by atoms with Crippen LogP contribution in [0.1, 0.15) is 187 Å². The Morgan fingerprint density at radius 2 is 0.942 bits per heavy atom. The van der Waals surface area contributed by atoms with Crippen LogP contribution in [0.3, 0.4) is 0 Å². The van der Waals surface area contributed by atoms with E-state index in [1.54, 1.807) is 0 Å². The van der Waals surface area contributed by atoms with E-state index in [1.807, 2.05) is 0 Å². The summed E-state index contributed by atoms with van der Waals surface area (Å²) in [5, 5.41) is 18.3. The molecule has 0 saturated heterocycles. The van der Waals surface area contributed by atoms with Crippen molar-refractivity contribution in [3.63, 3.8) is 0 Å². The summed E-state index contributed by atoms with van der Waals surface area (Å²) in [6.45, 7) is 2.34. The largest absolute Gasteiger partial charge is 0.472 e. The summed E-state index contributed by atoms with van der Waals surface area (Å²) in [5.74, 6) is -0.957. The lowest BCUT2D eigenvalue weighted by Gasteiger charge is -2.20. The standard InChI is InChI=1S/C41H77O10P/c1-3-5-7-9-11-13-15-17-19-21-23-25-27-29-31-33-41(45)51-39(37-50-52(46,47)49-35-38(43)34-42)36-48-40(44)32-30-28-26-24-22-20-18-16-14-12-10-8-6-4-2/h16,18,23,25,38-39,42-43H,3-15,17,19-22,24,26-37H2,1-2H3,(H,46,47)/b18-16+,25-23+/t38-,39+/m0/s1. The maximum absolute atomic E-state index is 12.6. The normalized spacial score (nSPS) is 14.2. The molecule has 0 bridgehead atoms. The molecule has 0 fully saturated rings. The zero-order chi connectivity index (χ0) is 38.4. The van der Waals surface area contributed by atoms with Crippen molar-refractivity contribution in [2.24, 2.45) is 0 Å². The van der Waals surface area contributed by atoms with Crippen molar-refractivity contribution in [1.82, 2.24) is 0 Å². The van der Waals surface area contributed by atoms with Crippen molar-refractivity contribution in [2.75, 3.05) is 26.4 Å². The molecule has 1 unspecified atom stereocenters. The Labute approximate surface area is 317 Å². The summed E-state index contributed by atoms with van der Waals surface area (Å²) in [4.78, 5) is 34.9. The molecule has 0 spiro atoms. The molecule has 0 amide bonds. The number of unbranched alkanes of at least 4 members (excludes halogenated alkanes) is 21. The number of ether oxygens (including phenoxy) is 2. The fourth-order valence-corrected chi connectivity index (χ4v) is 6.36. The number of esters is 2. The molecular formula is C41H77O10P. The van der Waals surface area contributed by atoms with Gasteiger partial charge in [-0.05, 0) is 64.2 Å². The average Bonchev–Trinajstić information content (AvgIpc) is 3.13. The van der Waals surface area contributed by atoms with E-state index in [4.69, 9.17) is 19.1 Å². The number of carbonyl (C=O) groups is 2. The van der Waals surface area contributed by atoms with Crippen LogP contribution in [0.5, 0.6) is 0 Å². The van der Waals surface area contributed by atoms with Crippen molar-refractivity contribution >= 4 is 19.8 Å². The first-order chi connectivity index (χ1) is 25.2. The molecule has 0 radical (unpaired) electrons. The van der Waals surface area contributed by atoms with Crippen molar-refractivity contribution in [3.8, 4) is 0 Å². The van der Waals surface area contributed by atoms with Gasteiger partial charge in [-0.15, -0.1) is 0 Å². The highest BCUT2D eigenvalue weighted by Gasteiger charge is 2.27. The predicted molar refractivity (Wildman–Crippen MR) is 210 cm³/mol. The zero-order valence-electron chi connectivity index (χ0n) is 33.0. The van der Waals surface area contributed by atoms with Crippen LogP contribution in [0.2, 0.25) is 0 Å². The van der Waals surface area contributed by atoms with Crippen molar-refractivity contribution < 1.29 is 47.8 Å². The SMILES string of the molecule is CCCCCCC/C=C/CCCCCCCC(=O)OC[C@H](COP(=O)(O)OC[C@@H](O)CO)OC(=O)CCCC/C=C/CCCCCCCCCCC. The van der Waals surface area contributed by atoms with E-state index in [-0.39, 0.29) is 19.4 Å². The van der Waals surface area contributed by atoms with Gasteiger partial charge in [-0.3, -0.25) is 18.6 Å². The zero-order valence-corrected chi connectivity index (χ0v) is 33.9. The Hall–Kier alpha value is -1.55. The van der Waals surface area contributed by atoms with Gasteiger partial charge in [0.2, 0.25) is 0 Å². The molecule has 0 aromatic heterocycles. The molecule has 0 aromatic carbocycles. The van der Waals surface area contributed by atoms with E-state index < -0.39 is 51.8 Å². The molecule has 306 valence electrons. The van der Waals surface area contributed by atoms with Crippen molar-refractivity contribution in [2.45, 2.75) is 199 Å². The van der Waals surface area contributed by atoms with Gasteiger partial charge >= 0.3 is 19.8 Å². The van der Waals surface area contributed by atoms with E-state index >= 15 is 0 Å². The van der Waals surface area contributed by atoms with E-state index in [0.29, 0.717) is 12.8 Å². The number of rotatable bonds is 39. The Kier molecular flexibility index (Phi) is 36.6. The number of aliphatic hydroxyl groups is 2. The van der Waals surface area contributed by atoms with Crippen LogP contribution in [0.4, 0.5) is 0 Å². The number of carbonyl (C=O) groups excluding carboxylic acids is 2. The molecule has 0 saturated carbocycles. The molecule has 0 aliphatic carbocycles. The number of hydrogen-bond acceptors (Lipinski definition) is 9. The first kappa shape index (κ1) is 50.5. The lowest BCUT2D eigenvalue weighted by Crippen LogP contribution is -2.29. The molecule has 11 heteroatoms. The van der Waals surface area contributed by atoms with Gasteiger partial charge in [0.25, 0.3) is 0 Å². The Morgan fingerprint density at radius 1 is 0.558 bits per heavy atom. The molecular weight excluding hydrogens is 683 g/mol. The molecule has 0 aliphatic heterocycles. The predicted octanol–water partition coefficient (Wildman–Crippen LogP) is 10.6. The minimum absolute atomic E-state index is 0.154. The van der Waals surface area contributed by atoms with Crippen molar-refractivity contribution in [1.29, 1.82) is 0 Å². The summed E-state index contributed by atoms with van der Waals surface area (Å²) in [6, 6.07) is 0. The first-order valence-electron chi connectivity index (χ1n) is 20.8. The van der Waals surface area contributed by atoms with Gasteiger partial charge in [-0.1, -0.05) is 134 Å². The summed E-state index contributed by atoms with van der Waals surface area (Å²) >= 11 is 0. The van der Waals surface area contributed by atoms with Gasteiger partial charge in [0.1, 0.15) is 12.7 Å². The second-order valence-corrected chi connectivity index (χ2v) is 15.5. The number of hydrogen-bond donors (Lipinski definition) is 3. The molecule has 0 heterocycles. The third kappa shape index (κ3) is 36.8. The number of aliphatic hydroxyl groups excluding tert-OH is 2. The van der Waals surface area contributed by atoms with Crippen LogP contribution < -0.4 is 0 Å². The van der Waals surface area contributed by atoms with Crippen LogP contribution in [0.15, 0.2) is 24.3 Å². The summed E-state index contributed by atoms with van der Waals surface area (Å²) < 4.78 is 32.6. The number of phosphoric acid groups is 1. The monoisotopic (exact) mass is 761 g/mol. The highest BCUT2D eigenvalue weighted by molar-refractivity contribution is 7.47. The van der Waals surface area contributed by atoms with Crippen LogP contribution in [0.25, 0.3) is 0 Å². The van der Waals surface area contributed by atoms with Gasteiger partial charge < -0.3 is 24.6 Å². The van der Waals surface area contributed by atoms with Crippen LogP contribution in [-0.4, -0.2) is 65.7 Å². The fourth-order valence-electron chi connectivity index (χ4n) is 5.57. The van der Waals surface area contributed by atoms with Crippen LogP contribution >= 0.6 is 7.82 Å². The second-order valence-electron chi connectivity index (χ2n) is 14.0. The third-order valence-corrected chi connectivity index (χ3v) is 9.78. The van der Waals surface area contributed by atoms with Gasteiger partial charge in [-0.2, -0.15) is 0 Å². The first-order valence-corrected chi connectivity index (χ1v) is 22.3. The second kappa shape index (κ2) is 37.8.